The molecule has 0 atom stereocenters. The van der Waals surface area contributed by atoms with Crippen molar-refractivity contribution in [3.05, 3.63) is 40.3 Å². The van der Waals surface area contributed by atoms with Crippen molar-refractivity contribution in [1.82, 2.24) is 0 Å². The summed E-state index contributed by atoms with van der Waals surface area (Å²) in [5.41, 5.74) is 1.99. The first-order valence-corrected chi connectivity index (χ1v) is 3.84. The molecule has 0 fully saturated rings. The van der Waals surface area contributed by atoms with E-state index in [-0.39, 0.29) is 13.2 Å². The van der Waals surface area contributed by atoms with E-state index in [2.05, 4.69) is 5.18 Å². The molecule has 1 rings (SSSR count). The maximum absolute atomic E-state index is 9.89. The highest BCUT2D eigenvalue weighted by molar-refractivity contribution is 5.22. The quantitative estimate of drug-likeness (QED) is 0.687. The highest BCUT2D eigenvalue weighted by Crippen LogP contribution is 2.05. The highest BCUT2D eigenvalue weighted by Gasteiger charge is 1.93. The first-order chi connectivity index (χ1) is 5.86. The zero-order valence-corrected chi connectivity index (χ0v) is 6.73. The summed E-state index contributed by atoms with van der Waals surface area (Å²) < 4.78 is 0. The van der Waals surface area contributed by atoms with Crippen molar-refractivity contribution in [1.29, 1.82) is 0 Å². The van der Waals surface area contributed by atoms with Crippen LogP contribution in [-0.4, -0.2) is 11.7 Å². The third kappa shape index (κ3) is 2.43. The Bertz CT molecular complexity index is 243. The van der Waals surface area contributed by atoms with Crippen molar-refractivity contribution >= 4 is 0 Å². The Morgan fingerprint density at radius 2 is 1.75 bits per heavy atom. The number of aliphatic hydroxyl groups excluding tert-OH is 1. The molecule has 1 N–H and O–H groups in total. The van der Waals surface area contributed by atoms with Crippen LogP contribution in [0.3, 0.4) is 0 Å². The zero-order chi connectivity index (χ0) is 8.81. The van der Waals surface area contributed by atoms with E-state index in [0.717, 1.165) is 11.1 Å². The van der Waals surface area contributed by atoms with Crippen molar-refractivity contribution in [2.75, 3.05) is 6.61 Å². The first-order valence-electron chi connectivity index (χ1n) is 3.84. The summed E-state index contributed by atoms with van der Waals surface area (Å²) in [6.07, 6.45) is 0.662. The molecule has 0 heterocycles. The van der Waals surface area contributed by atoms with Crippen LogP contribution in [0, 0.1) is 4.91 Å². The molecule has 0 unspecified atom stereocenters. The third-order valence-electron chi connectivity index (χ3n) is 1.67. The van der Waals surface area contributed by atoms with Crippen LogP contribution >= 0.6 is 0 Å². The molecule has 3 heteroatoms. The van der Waals surface area contributed by atoms with Crippen LogP contribution in [0.4, 0.5) is 0 Å². The Balaban J connectivity index is 2.64. The van der Waals surface area contributed by atoms with Crippen molar-refractivity contribution in [2.45, 2.75) is 13.0 Å². The molecule has 0 radical (unpaired) electrons. The van der Waals surface area contributed by atoms with Gasteiger partial charge in [0.05, 0.1) is 0 Å². The molecule has 64 valence electrons. The molecule has 0 amide bonds. The summed E-state index contributed by atoms with van der Waals surface area (Å²) in [5.74, 6) is 0. The van der Waals surface area contributed by atoms with E-state index in [9.17, 15) is 4.91 Å². The van der Waals surface area contributed by atoms with E-state index in [4.69, 9.17) is 5.11 Å². The topological polar surface area (TPSA) is 49.7 Å². The third-order valence-corrected chi connectivity index (χ3v) is 1.67. The molecule has 0 aliphatic rings. The fraction of sp³-hybridized carbons (Fsp3) is 0.333. The lowest BCUT2D eigenvalue weighted by Crippen LogP contribution is -1.90. The number of nitrogens with zero attached hydrogens (tertiary/aromatic N) is 1. The maximum atomic E-state index is 9.89. The monoisotopic (exact) mass is 165 g/mol. The highest BCUT2D eigenvalue weighted by atomic mass is 16.3. The van der Waals surface area contributed by atoms with Crippen LogP contribution < -0.4 is 0 Å². The van der Waals surface area contributed by atoms with E-state index < -0.39 is 0 Å². The number of rotatable bonds is 4. The van der Waals surface area contributed by atoms with E-state index in [0.29, 0.717) is 6.42 Å². The average Bonchev–Trinajstić information content (AvgIpc) is 2.09. The number of hydrogen-bond acceptors (Lipinski definition) is 3. The Morgan fingerprint density at radius 1 is 1.17 bits per heavy atom. The maximum Gasteiger partial charge on any atom is 0.106 e. The van der Waals surface area contributed by atoms with Crippen LogP contribution in [0.2, 0.25) is 0 Å². The van der Waals surface area contributed by atoms with Gasteiger partial charge in [-0.05, 0) is 17.5 Å². The van der Waals surface area contributed by atoms with Gasteiger partial charge in [0, 0.05) is 6.61 Å². The molecule has 0 aliphatic heterocycles. The van der Waals surface area contributed by atoms with Crippen LogP contribution in [0.15, 0.2) is 29.4 Å². The van der Waals surface area contributed by atoms with Crippen LogP contribution in [0.1, 0.15) is 11.1 Å². The van der Waals surface area contributed by atoms with Crippen LogP contribution in [-0.2, 0) is 13.0 Å². The van der Waals surface area contributed by atoms with Gasteiger partial charge < -0.3 is 5.11 Å². The summed E-state index contributed by atoms with van der Waals surface area (Å²) in [5, 5.41) is 11.4. The second kappa shape index (κ2) is 4.62. The predicted molar refractivity (Wildman–Crippen MR) is 46.7 cm³/mol. The minimum absolute atomic E-state index is 0.158. The predicted octanol–water partition coefficient (Wildman–Crippen LogP) is 1.49. The fourth-order valence-electron chi connectivity index (χ4n) is 1.01. The van der Waals surface area contributed by atoms with Gasteiger partial charge in [-0.15, -0.1) is 0 Å². The van der Waals surface area contributed by atoms with Crippen LogP contribution in [0.5, 0.6) is 0 Å². The molecule has 3 nitrogen and oxygen atoms in total. The fourth-order valence-corrected chi connectivity index (χ4v) is 1.01. The molecule has 0 aliphatic carbocycles. The molecule has 1 aromatic rings. The summed E-state index contributed by atoms with van der Waals surface area (Å²) in [7, 11) is 0. The molecule has 0 spiro atoms. The minimum Gasteiger partial charge on any atom is -0.396 e. The van der Waals surface area contributed by atoms with Crippen molar-refractivity contribution in [3.8, 4) is 0 Å². The molecule has 0 saturated heterocycles. The van der Waals surface area contributed by atoms with E-state index in [1.807, 2.05) is 24.3 Å². The van der Waals surface area contributed by atoms with E-state index >= 15 is 0 Å². The Labute approximate surface area is 71.0 Å². The number of benzene rings is 1. The molecule has 0 aromatic heterocycles. The average molecular weight is 165 g/mol. The van der Waals surface area contributed by atoms with Gasteiger partial charge in [-0.25, -0.2) is 0 Å². The normalized spacial score (nSPS) is 9.75. The molecular formula is C9H11NO2. The molecule has 1 aromatic carbocycles. The Kier molecular flexibility index (Phi) is 3.41. The van der Waals surface area contributed by atoms with Gasteiger partial charge in [-0.3, -0.25) is 0 Å². The number of hydrogen-bond donors (Lipinski definition) is 1. The summed E-state index contributed by atoms with van der Waals surface area (Å²) in [6, 6.07) is 7.51. The summed E-state index contributed by atoms with van der Waals surface area (Å²) in [4.78, 5) is 9.89. The summed E-state index contributed by atoms with van der Waals surface area (Å²) >= 11 is 0. The van der Waals surface area contributed by atoms with Gasteiger partial charge in [0.2, 0.25) is 0 Å². The smallest absolute Gasteiger partial charge is 0.106 e. The molecular weight excluding hydrogens is 154 g/mol. The van der Waals surface area contributed by atoms with Gasteiger partial charge in [0.25, 0.3) is 0 Å². The first kappa shape index (κ1) is 8.87. The second-order valence-corrected chi connectivity index (χ2v) is 2.58. The lowest BCUT2D eigenvalue weighted by Gasteiger charge is -1.98. The lowest BCUT2D eigenvalue weighted by atomic mass is 10.1. The van der Waals surface area contributed by atoms with Crippen molar-refractivity contribution in [2.24, 2.45) is 5.18 Å². The van der Waals surface area contributed by atoms with Crippen LogP contribution in [0.25, 0.3) is 0 Å². The van der Waals surface area contributed by atoms with Gasteiger partial charge in [-0.1, -0.05) is 29.4 Å². The Morgan fingerprint density at radius 3 is 2.25 bits per heavy atom. The van der Waals surface area contributed by atoms with E-state index in [1.165, 1.54) is 0 Å². The molecule has 12 heavy (non-hydrogen) atoms. The van der Waals surface area contributed by atoms with Crippen molar-refractivity contribution in [3.63, 3.8) is 0 Å². The second-order valence-electron chi connectivity index (χ2n) is 2.58. The standard InChI is InChI=1S/C9H11NO2/c11-6-5-8-1-3-9(4-2-8)7-10-12/h1-4,11H,5-7H2. The van der Waals surface area contributed by atoms with Gasteiger partial charge in [-0.2, -0.15) is 4.91 Å². The molecule has 0 saturated carbocycles. The number of nitroso groups, excluding NO2 is 1. The minimum atomic E-state index is 0.158. The van der Waals surface area contributed by atoms with Gasteiger partial charge >= 0.3 is 0 Å². The largest absolute Gasteiger partial charge is 0.396 e. The lowest BCUT2D eigenvalue weighted by molar-refractivity contribution is 0.299. The Hall–Kier alpha value is -1.22. The van der Waals surface area contributed by atoms with Gasteiger partial charge in [0.15, 0.2) is 0 Å². The van der Waals surface area contributed by atoms with E-state index in [1.54, 1.807) is 0 Å². The number of aliphatic hydroxyl groups is 1. The SMILES string of the molecule is O=NCc1ccc(CCO)cc1. The van der Waals surface area contributed by atoms with Gasteiger partial charge in [0.1, 0.15) is 6.54 Å². The molecule has 0 bridgehead atoms. The van der Waals surface area contributed by atoms with Crippen molar-refractivity contribution < 1.29 is 5.11 Å². The zero-order valence-electron chi connectivity index (χ0n) is 6.73. The summed E-state index contributed by atoms with van der Waals surface area (Å²) in [6.45, 7) is 0.380.